The van der Waals surface area contributed by atoms with Crippen molar-refractivity contribution in [3.8, 4) is 0 Å². The molecule has 132 valence electrons. The van der Waals surface area contributed by atoms with Gasteiger partial charge in [-0.2, -0.15) is 0 Å². The Bertz CT molecular complexity index is 593. The van der Waals surface area contributed by atoms with Crippen LogP contribution in [-0.4, -0.2) is 26.3 Å². The van der Waals surface area contributed by atoms with Crippen LogP contribution in [0.15, 0.2) is 29.2 Å². The van der Waals surface area contributed by atoms with Crippen molar-refractivity contribution in [2.24, 2.45) is 5.41 Å². The molecule has 0 radical (unpaired) electrons. The first-order valence-electron chi connectivity index (χ1n) is 8.40. The summed E-state index contributed by atoms with van der Waals surface area (Å²) in [6.07, 6.45) is 0.989. The van der Waals surface area contributed by atoms with E-state index < -0.39 is 9.84 Å². The van der Waals surface area contributed by atoms with Crippen molar-refractivity contribution in [1.29, 1.82) is 0 Å². The maximum absolute atomic E-state index is 12.4. The molecule has 3 nitrogen and oxygen atoms in total. The van der Waals surface area contributed by atoms with Crippen molar-refractivity contribution in [2.75, 3.05) is 12.3 Å². The lowest BCUT2D eigenvalue weighted by atomic mass is 9.82. The molecule has 0 saturated heterocycles. The second kappa shape index (κ2) is 7.35. The fourth-order valence-corrected chi connectivity index (χ4v) is 4.25. The Morgan fingerprint density at radius 1 is 1.00 bits per heavy atom. The number of sulfone groups is 1. The second-order valence-electron chi connectivity index (χ2n) is 8.59. The van der Waals surface area contributed by atoms with E-state index in [9.17, 15) is 8.42 Å². The highest BCUT2D eigenvalue weighted by Crippen LogP contribution is 2.26. The molecule has 23 heavy (non-hydrogen) atoms. The molecule has 0 aliphatic rings. The monoisotopic (exact) mass is 339 g/mol. The van der Waals surface area contributed by atoms with Gasteiger partial charge in [-0.05, 0) is 49.3 Å². The van der Waals surface area contributed by atoms with Crippen molar-refractivity contribution in [3.63, 3.8) is 0 Å². The molecule has 0 bridgehead atoms. The minimum absolute atomic E-state index is 0.0741. The van der Waals surface area contributed by atoms with E-state index in [1.165, 1.54) is 0 Å². The summed E-state index contributed by atoms with van der Waals surface area (Å²) in [7, 11) is -3.23. The van der Waals surface area contributed by atoms with Crippen molar-refractivity contribution in [2.45, 2.75) is 71.2 Å². The molecule has 0 amide bonds. The molecule has 0 unspecified atom stereocenters. The minimum atomic E-state index is -3.23. The van der Waals surface area contributed by atoms with Gasteiger partial charge in [-0.1, -0.05) is 46.8 Å². The molecule has 4 heteroatoms. The third kappa shape index (κ3) is 7.05. The molecule has 0 saturated carbocycles. The lowest BCUT2D eigenvalue weighted by molar-refractivity contribution is 0.246. The highest BCUT2D eigenvalue weighted by atomic mass is 32.2. The highest BCUT2D eigenvalue weighted by molar-refractivity contribution is 7.91. The van der Waals surface area contributed by atoms with Gasteiger partial charge in [0.25, 0.3) is 0 Å². The van der Waals surface area contributed by atoms with Crippen molar-refractivity contribution >= 4 is 9.84 Å². The van der Waals surface area contributed by atoms with E-state index in [4.69, 9.17) is 0 Å². The fourth-order valence-electron chi connectivity index (χ4n) is 3.09. The summed E-state index contributed by atoms with van der Waals surface area (Å²) in [5.74, 6) is 0.535. The van der Waals surface area contributed by atoms with Gasteiger partial charge in [-0.3, -0.25) is 0 Å². The second-order valence-corrected chi connectivity index (χ2v) is 10.7. The van der Waals surface area contributed by atoms with E-state index in [0.29, 0.717) is 17.4 Å². The summed E-state index contributed by atoms with van der Waals surface area (Å²) in [5, 5.41) is 3.39. The smallest absolute Gasteiger partial charge is 0.179 e. The molecule has 0 aliphatic heterocycles. The average molecular weight is 340 g/mol. The molecule has 0 aliphatic carbocycles. The van der Waals surface area contributed by atoms with Crippen molar-refractivity contribution in [3.05, 3.63) is 29.8 Å². The van der Waals surface area contributed by atoms with Crippen LogP contribution < -0.4 is 5.32 Å². The van der Waals surface area contributed by atoms with Gasteiger partial charge in [0, 0.05) is 12.1 Å². The third-order valence-corrected chi connectivity index (χ3v) is 5.58. The highest BCUT2D eigenvalue weighted by Gasteiger charge is 2.25. The SMILES string of the molecule is CC(C)c1ccc(S(=O)(=O)CCNC(C)(C)CC(C)(C)C)cc1. The summed E-state index contributed by atoms with van der Waals surface area (Å²) >= 11 is 0. The Morgan fingerprint density at radius 3 is 1.96 bits per heavy atom. The van der Waals surface area contributed by atoms with E-state index in [1.54, 1.807) is 12.1 Å². The van der Waals surface area contributed by atoms with Gasteiger partial charge in [0.05, 0.1) is 10.6 Å². The van der Waals surface area contributed by atoms with Crippen LogP contribution in [0.1, 0.15) is 66.4 Å². The molecule has 0 aromatic heterocycles. The van der Waals surface area contributed by atoms with E-state index in [1.807, 2.05) is 12.1 Å². The van der Waals surface area contributed by atoms with Crippen LogP contribution in [0.2, 0.25) is 0 Å². The van der Waals surface area contributed by atoms with E-state index in [-0.39, 0.29) is 16.7 Å². The van der Waals surface area contributed by atoms with Gasteiger partial charge in [-0.15, -0.1) is 0 Å². The zero-order valence-corrected chi connectivity index (χ0v) is 16.5. The van der Waals surface area contributed by atoms with Crippen molar-refractivity contribution < 1.29 is 8.42 Å². The Kier molecular flexibility index (Phi) is 6.45. The fraction of sp³-hybridized carbons (Fsp3) is 0.684. The van der Waals surface area contributed by atoms with Gasteiger partial charge < -0.3 is 5.32 Å². The summed E-state index contributed by atoms with van der Waals surface area (Å²) in [5.41, 5.74) is 1.30. The average Bonchev–Trinajstić information content (AvgIpc) is 2.35. The molecule has 1 aromatic rings. The van der Waals surface area contributed by atoms with Crippen molar-refractivity contribution in [1.82, 2.24) is 5.32 Å². The first kappa shape index (κ1) is 20.2. The van der Waals surface area contributed by atoms with Gasteiger partial charge in [0.1, 0.15) is 0 Å². The van der Waals surface area contributed by atoms with Crippen LogP contribution in [0.5, 0.6) is 0 Å². The van der Waals surface area contributed by atoms with Crippen LogP contribution >= 0.6 is 0 Å². The predicted octanol–water partition coefficient (Wildman–Crippen LogP) is 4.39. The predicted molar refractivity (Wildman–Crippen MR) is 98.7 cm³/mol. The zero-order chi connectivity index (χ0) is 17.9. The van der Waals surface area contributed by atoms with Gasteiger partial charge >= 0.3 is 0 Å². The largest absolute Gasteiger partial charge is 0.311 e. The zero-order valence-electron chi connectivity index (χ0n) is 15.7. The van der Waals surface area contributed by atoms with Crippen LogP contribution in [-0.2, 0) is 9.84 Å². The summed E-state index contributed by atoms with van der Waals surface area (Å²) < 4.78 is 24.9. The van der Waals surface area contributed by atoms with Crippen LogP contribution in [0.3, 0.4) is 0 Å². The first-order valence-corrected chi connectivity index (χ1v) is 10.1. The van der Waals surface area contributed by atoms with Gasteiger partial charge in [0.2, 0.25) is 0 Å². The summed E-state index contributed by atoms with van der Waals surface area (Å²) in [4.78, 5) is 0.414. The Morgan fingerprint density at radius 2 is 1.52 bits per heavy atom. The first-order chi connectivity index (χ1) is 10.3. The number of benzene rings is 1. The summed E-state index contributed by atoms with van der Waals surface area (Å²) in [6.45, 7) is 15.5. The van der Waals surface area contributed by atoms with Crippen LogP contribution in [0, 0.1) is 5.41 Å². The number of nitrogens with one attached hydrogen (secondary N) is 1. The number of hydrogen-bond donors (Lipinski definition) is 1. The lowest BCUT2D eigenvalue weighted by Gasteiger charge is -2.33. The molecular weight excluding hydrogens is 306 g/mol. The molecular formula is C19H33NO2S. The number of hydrogen-bond acceptors (Lipinski definition) is 3. The minimum Gasteiger partial charge on any atom is -0.311 e. The maximum Gasteiger partial charge on any atom is 0.179 e. The van der Waals surface area contributed by atoms with E-state index in [0.717, 1.165) is 12.0 Å². The Labute approximate surface area is 142 Å². The quantitative estimate of drug-likeness (QED) is 0.801. The Hall–Kier alpha value is -0.870. The van der Waals surface area contributed by atoms with Gasteiger partial charge in [-0.25, -0.2) is 8.42 Å². The van der Waals surface area contributed by atoms with Gasteiger partial charge in [0.15, 0.2) is 9.84 Å². The molecule has 1 aromatic carbocycles. The molecule has 0 fully saturated rings. The molecule has 1 rings (SSSR count). The Balaban J connectivity index is 2.66. The van der Waals surface area contributed by atoms with E-state index >= 15 is 0 Å². The molecule has 1 N–H and O–H groups in total. The molecule has 0 spiro atoms. The third-order valence-electron chi connectivity index (χ3n) is 3.85. The van der Waals surface area contributed by atoms with Crippen LogP contribution in [0.25, 0.3) is 0 Å². The molecule has 0 atom stereocenters. The normalized spacial score (nSPS) is 13.6. The maximum atomic E-state index is 12.4. The van der Waals surface area contributed by atoms with E-state index in [2.05, 4.69) is 53.8 Å². The molecule has 0 heterocycles. The lowest BCUT2D eigenvalue weighted by Crippen LogP contribution is -2.44. The number of rotatable bonds is 7. The van der Waals surface area contributed by atoms with Crippen LogP contribution in [0.4, 0.5) is 0 Å². The topological polar surface area (TPSA) is 46.2 Å². The standard InChI is InChI=1S/C19H33NO2S/c1-15(2)16-8-10-17(11-9-16)23(21,22)13-12-20-19(6,7)14-18(3,4)5/h8-11,15,20H,12-14H2,1-7H3. The summed E-state index contributed by atoms with van der Waals surface area (Å²) in [6, 6.07) is 7.28.